The molecule has 3 heterocycles. The number of aliphatic carboxylic acids is 1. The third-order valence-electron chi connectivity index (χ3n) is 8.42. The van der Waals surface area contributed by atoms with Crippen molar-refractivity contribution in [1.29, 1.82) is 0 Å². The molecule has 3 rings (SSSR count). The number of thioether (sulfide) groups is 1. The molecular formula is C31H52N4O8S3. The van der Waals surface area contributed by atoms with Gasteiger partial charge in [0.1, 0.15) is 10.6 Å². The maximum atomic E-state index is 12.4. The number of rotatable bonds is 21. The zero-order valence-electron chi connectivity index (χ0n) is 27.9. The van der Waals surface area contributed by atoms with E-state index in [1.54, 1.807) is 6.07 Å². The van der Waals surface area contributed by atoms with Gasteiger partial charge in [-0.05, 0) is 50.2 Å². The van der Waals surface area contributed by atoms with Gasteiger partial charge < -0.3 is 24.4 Å². The van der Waals surface area contributed by atoms with E-state index in [4.69, 9.17) is 0 Å². The number of nitrogens with zero attached hydrogens (tertiary/aromatic N) is 3. The summed E-state index contributed by atoms with van der Waals surface area (Å²) in [5.74, 6) is -2.71. The van der Waals surface area contributed by atoms with E-state index >= 15 is 0 Å². The molecule has 2 aliphatic heterocycles. The van der Waals surface area contributed by atoms with E-state index in [1.807, 2.05) is 0 Å². The van der Waals surface area contributed by atoms with Crippen molar-refractivity contribution in [2.45, 2.75) is 105 Å². The molecule has 0 radical (unpaired) electrons. The second-order valence-corrected chi connectivity index (χ2v) is 15.0. The van der Waals surface area contributed by atoms with Gasteiger partial charge in [0.2, 0.25) is 16.3 Å². The summed E-state index contributed by atoms with van der Waals surface area (Å²) in [5, 5.41) is 12.2. The number of β-lactam (4-membered cyclic amide) rings is 1. The Morgan fingerprint density at radius 2 is 1.65 bits per heavy atom. The summed E-state index contributed by atoms with van der Waals surface area (Å²) in [5.41, 5.74) is -0.160. The van der Waals surface area contributed by atoms with E-state index < -0.39 is 40.3 Å². The molecule has 1 fully saturated rings. The van der Waals surface area contributed by atoms with Gasteiger partial charge in [0, 0.05) is 29.8 Å². The number of quaternary nitrogens is 1. The predicted octanol–water partition coefficient (Wildman–Crippen LogP) is 5.00. The molecule has 262 valence electrons. The molecule has 0 spiro atoms. The van der Waals surface area contributed by atoms with Crippen molar-refractivity contribution in [3.8, 4) is 0 Å². The van der Waals surface area contributed by atoms with Crippen LogP contribution in [0.5, 0.6) is 0 Å². The number of hydrogen-bond acceptors (Lipinski definition) is 10. The van der Waals surface area contributed by atoms with Crippen LogP contribution in [0.4, 0.5) is 0 Å². The highest BCUT2D eigenvalue weighted by atomic mass is 32.3. The Labute approximate surface area is 283 Å². The summed E-state index contributed by atoms with van der Waals surface area (Å²) >= 11 is 2.25. The van der Waals surface area contributed by atoms with Crippen LogP contribution in [-0.4, -0.2) is 100 Å². The third-order valence-corrected chi connectivity index (χ3v) is 10.8. The van der Waals surface area contributed by atoms with Gasteiger partial charge in [0.25, 0.3) is 5.91 Å². The van der Waals surface area contributed by atoms with Crippen molar-refractivity contribution in [1.82, 2.24) is 14.6 Å². The molecule has 15 heteroatoms. The van der Waals surface area contributed by atoms with Gasteiger partial charge in [-0.2, -0.15) is 0 Å². The second-order valence-electron chi connectivity index (χ2n) is 11.9. The molecule has 3 atom stereocenters. The molecule has 2 N–H and O–H groups in total. The van der Waals surface area contributed by atoms with Gasteiger partial charge in [-0.15, -0.1) is 11.8 Å². The van der Waals surface area contributed by atoms with Crippen LogP contribution in [0.25, 0.3) is 0 Å². The number of carbonyl (C=O) groups is 3. The number of nitrogens with one attached hydrogen (secondary N) is 1. The first-order chi connectivity index (χ1) is 21.8. The van der Waals surface area contributed by atoms with Crippen LogP contribution >= 0.6 is 23.3 Å². The fourth-order valence-electron chi connectivity index (χ4n) is 6.00. The van der Waals surface area contributed by atoms with E-state index in [9.17, 15) is 32.5 Å². The molecular weight excluding hydrogens is 653 g/mol. The number of carbonyl (C=O) groups excluding carboxylic acids is 2. The van der Waals surface area contributed by atoms with Crippen LogP contribution in [0.2, 0.25) is 0 Å². The summed E-state index contributed by atoms with van der Waals surface area (Å²) in [4.78, 5) is 37.9. The minimum atomic E-state index is -4.98. The minimum Gasteiger partial charge on any atom is -0.726 e. The van der Waals surface area contributed by atoms with Crippen molar-refractivity contribution < 1.29 is 41.1 Å². The molecule has 46 heavy (non-hydrogen) atoms. The number of unbranched alkanes of at least 4 members (excludes halogenated alkanes) is 4. The van der Waals surface area contributed by atoms with Crippen molar-refractivity contribution in [2.24, 2.45) is 5.92 Å². The predicted molar refractivity (Wildman–Crippen MR) is 180 cm³/mol. The minimum absolute atomic E-state index is 0.160. The average molecular weight is 705 g/mol. The zero-order valence-corrected chi connectivity index (χ0v) is 30.3. The molecule has 1 saturated heterocycles. The summed E-state index contributed by atoms with van der Waals surface area (Å²) in [7, 11) is -4.98. The van der Waals surface area contributed by atoms with Gasteiger partial charge in [0.05, 0.1) is 44.2 Å². The van der Waals surface area contributed by atoms with Crippen LogP contribution < -0.4 is 5.32 Å². The highest BCUT2D eigenvalue weighted by Gasteiger charge is 2.57. The van der Waals surface area contributed by atoms with E-state index in [0.717, 1.165) is 16.4 Å². The van der Waals surface area contributed by atoms with Crippen LogP contribution in [0, 0.1) is 5.92 Å². The lowest BCUT2D eigenvalue weighted by Crippen LogP contribution is -2.62. The Hall–Kier alpha value is -2.04. The Morgan fingerprint density at radius 3 is 2.09 bits per heavy atom. The summed E-state index contributed by atoms with van der Waals surface area (Å²) in [6, 6.07) is 0.997. The molecule has 2 aliphatic rings. The second kappa shape index (κ2) is 19.7. The highest BCUT2D eigenvalue weighted by molar-refractivity contribution is 8.03. The summed E-state index contributed by atoms with van der Waals surface area (Å²) in [6.45, 7) is 16.6. The standard InChI is InChI=1S/C16H36N.C15H17N3O8S3/c1-5-9-13-17(14-10-6-2,15-11-7-3)16-12-8-4;1-7(26-29(23,24)25)11-8-6-10(12(15(21)22)18(8)14(11)20)27-5-4-16-13(19)9-2-3-17-28-9/h5-16H2,1-4H3;2-3,7-8,11H,4-6H2,1H3,(H,16,19)(H,21,22)(H,23,24,25)/q+1;/p-1/t;7-,8?,11-/m.0/s1. The lowest BCUT2D eigenvalue weighted by atomic mass is 9.83. The molecule has 1 aromatic heterocycles. The number of fused-ring (bicyclic) bond motifs is 1. The van der Waals surface area contributed by atoms with E-state index in [1.165, 1.54) is 107 Å². The molecule has 0 aromatic carbocycles. The lowest BCUT2D eigenvalue weighted by Gasteiger charge is -2.45. The molecule has 0 bridgehead atoms. The Kier molecular flexibility index (Phi) is 17.2. The molecule has 0 aliphatic carbocycles. The van der Waals surface area contributed by atoms with Gasteiger partial charge in [-0.25, -0.2) is 17.6 Å². The molecule has 0 saturated carbocycles. The smallest absolute Gasteiger partial charge is 0.353 e. The van der Waals surface area contributed by atoms with E-state index in [0.29, 0.717) is 15.5 Å². The van der Waals surface area contributed by atoms with Gasteiger partial charge >= 0.3 is 5.97 Å². The number of carboxylic acids is 1. The molecule has 12 nitrogen and oxygen atoms in total. The first-order valence-corrected chi connectivity index (χ1v) is 19.5. The molecule has 2 amide bonds. The maximum Gasteiger partial charge on any atom is 0.353 e. The SMILES string of the molecule is CCCC[N+](CCCC)(CCCC)CCCC.C[C@H](OS(=O)(=O)[O-])[C@@H]1C(=O)N2C(C(=O)O)=C(SCCNC(=O)c3ccns3)CC12. The van der Waals surface area contributed by atoms with Gasteiger partial charge in [-0.3, -0.25) is 13.8 Å². The van der Waals surface area contributed by atoms with E-state index in [-0.39, 0.29) is 24.6 Å². The molecule has 1 unspecified atom stereocenters. The number of aromatic nitrogens is 1. The normalized spacial score (nSPS) is 18.5. The van der Waals surface area contributed by atoms with Crippen LogP contribution in [0.3, 0.4) is 0 Å². The average Bonchev–Trinajstić information content (AvgIpc) is 3.65. The molecule has 1 aromatic rings. The zero-order chi connectivity index (χ0) is 34.3. The topological polar surface area (TPSA) is 166 Å². The van der Waals surface area contributed by atoms with E-state index in [2.05, 4.69) is 41.6 Å². The number of carboxylic acid groups (broad SMARTS) is 1. The third kappa shape index (κ3) is 11.9. The number of amides is 2. The van der Waals surface area contributed by atoms with Crippen molar-refractivity contribution in [3.63, 3.8) is 0 Å². The fraction of sp³-hybridized carbons (Fsp3) is 0.742. The van der Waals surface area contributed by atoms with Crippen LogP contribution in [0.1, 0.15) is 102 Å². The lowest BCUT2D eigenvalue weighted by molar-refractivity contribution is -0.929. The summed E-state index contributed by atoms with van der Waals surface area (Å²) in [6.07, 6.45) is 11.6. The highest BCUT2D eigenvalue weighted by Crippen LogP contribution is 2.47. The summed E-state index contributed by atoms with van der Waals surface area (Å²) < 4.78 is 42.0. The van der Waals surface area contributed by atoms with Gasteiger partial charge in [-0.1, -0.05) is 53.4 Å². The van der Waals surface area contributed by atoms with Crippen molar-refractivity contribution >= 4 is 51.5 Å². The monoisotopic (exact) mass is 704 g/mol. The first kappa shape index (κ1) is 40.1. The Balaban J connectivity index is 0.000000372. The fourth-order valence-corrected chi connectivity index (χ4v) is 8.06. The van der Waals surface area contributed by atoms with Crippen LogP contribution in [0.15, 0.2) is 22.9 Å². The first-order valence-electron chi connectivity index (χ1n) is 16.4. The van der Waals surface area contributed by atoms with Crippen molar-refractivity contribution in [3.05, 3.63) is 27.7 Å². The number of hydrogen-bond donors (Lipinski definition) is 2. The Morgan fingerprint density at radius 1 is 1.11 bits per heavy atom. The Bertz CT molecular complexity index is 1220. The quantitative estimate of drug-likeness (QED) is 0.0585. The largest absolute Gasteiger partial charge is 0.726 e. The van der Waals surface area contributed by atoms with Gasteiger partial charge in [0.15, 0.2) is 0 Å². The van der Waals surface area contributed by atoms with Crippen molar-refractivity contribution in [2.75, 3.05) is 38.5 Å². The maximum absolute atomic E-state index is 12.4. The van der Waals surface area contributed by atoms with Crippen LogP contribution in [-0.2, 0) is 24.2 Å².